The number of piperidine rings is 1. The van der Waals surface area contributed by atoms with Crippen LogP contribution in [-0.2, 0) is 19.1 Å². The summed E-state index contributed by atoms with van der Waals surface area (Å²) in [4.78, 5) is 40.5. The third-order valence-electron chi connectivity index (χ3n) is 7.53. The Labute approximate surface area is 224 Å². The number of nitrogens with zero attached hydrogens (tertiary/aromatic N) is 2. The maximum Gasteiger partial charge on any atom is 0.410 e. The molecule has 1 heterocycles. The number of likely N-dealkylation sites (N-methyl/N-ethyl adjacent to an activating group) is 1. The fourth-order valence-corrected chi connectivity index (χ4v) is 5.35. The Morgan fingerprint density at radius 1 is 1.00 bits per heavy atom. The quantitative estimate of drug-likeness (QED) is 0.537. The van der Waals surface area contributed by atoms with Gasteiger partial charge in [0, 0.05) is 26.1 Å². The van der Waals surface area contributed by atoms with E-state index in [0.717, 1.165) is 22.3 Å². The third-order valence-corrected chi connectivity index (χ3v) is 7.53. The highest BCUT2D eigenvalue weighted by molar-refractivity contribution is 5.81. The molecule has 1 fully saturated rings. The van der Waals surface area contributed by atoms with E-state index in [9.17, 15) is 19.5 Å². The van der Waals surface area contributed by atoms with Crippen LogP contribution in [0.2, 0.25) is 0 Å². The zero-order chi connectivity index (χ0) is 27.4. The molecule has 0 aromatic heterocycles. The van der Waals surface area contributed by atoms with Gasteiger partial charge in [-0.25, -0.2) is 9.59 Å². The minimum absolute atomic E-state index is 0.0381. The van der Waals surface area contributed by atoms with Crippen LogP contribution in [0.3, 0.4) is 0 Å². The molecular formula is C30H38N2O6. The molecule has 38 heavy (non-hydrogen) atoms. The summed E-state index contributed by atoms with van der Waals surface area (Å²) >= 11 is 0. The van der Waals surface area contributed by atoms with Crippen LogP contribution in [0.1, 0.15) is 57.1 Å². The van der Waals surface area contributed by atoms with E-state index in [1.54, 1.807) is 4.90 Å². The van der Waals surface area contributed by atoms with E-state index in [-0.39, 0.29) is 36.6 Å². The number of rotatable bonds is 8. The first-order valence-electron chi connectivity index (χ1n) is 13.3. The van der Waals surface area contributed by atoms with Gasteiger partial charge >= 0.3 is 12.1 Å². The molecule has 0 unspecified atom stereocenters. The molecule has 4 rings (SSSR count). The summed E-state index contributed by atoms with van der Waals surface area (Å²) in [5.41, 5.74) is 4.10. The van der Waals surface area contributed by atoms with Crippen molar-refractivity contribution in [1.82, 2.24) is 9.80 Å². The number of hydrogen-bond donors (Lipinski definition) is 1. The van der Waals surface area contributed by atoms with Crippen LogP contribution >= 0.6 is 0 Å². The van der Waals surface area contributed by atoms with Crippen molar-refractivity contribution in [2.75, 3.05) is 33.4 Å². The number of amides is 2. The topological polar surface area (TPSA) is 96.4 Å². The van der Waals surface area contributed by atoms with E-state index < -0.39 is 18.1 Å². The Morgan fingerprint density at radius 3 is 2.08 bits per heavy atom. The molecule has 2 aliphatic rings. The van der Waals surface area contributed by atoms with E-state index in [1.165, 1.54) is 11.9 Å². The predicted octanol–water partition coefficient (Wildman–Crippen LogP) is 4.76. The number of carbonyl (C=O) groups is 3. The molecule has 0 bridgehead atoms. The Bertz CT molecular complexity index is 1120. The lowest BCUT2D eigenvalue weighted by Gasteiger charge is -2.35. The first kappa shape index (κ1) is 27.6. The van der Waals surface area contributed by atoms with E-state index in [0.29, 0.717) is 32.4 Å². The second-order valence-corrected chi connectivity index (χ2v) is 11.2. The molecule has 8 nitrogen and oxygen atoms in total. The number of likely N-dealkylation sites (tertiary alicyclic amines) is 1. The highest BCUT2D eigenvalue weighted by atomic mass is 16.6. The molecule has 2 aromatic carbocycles. The Hall–Kier alpha value is -3.39. The molecule has 2 aromatic rings. The largest absolute Gasteiger partial charge is 0.480 e. The molecule has 1 saturated heterocycles. The van der Waals surface area contributed by atoms with E-state index in [1.807, 2.05) is 57.2 Å². The number of aliphatic carboxylic acids is 1. The van der Waals surface area contributed by atoms with Crippen molar-refractivity contribution in [1.29, 1.82) is 0 Å². The number of carboxylic acid groups (broad SMARTS) is 1. The number of carbonyl (C=O) groups excluding carboxylic acids is 2. The van der Waals surface area contributed by atoms with Crippen molar-refractivity contribution < 1.29 is 29.0 Å². The Balaban J connectivity index is 1.32. The van der Waals surface area contributed by atoms with Gasteiger partial charge in [-0.3, -0.25) is 9.69 Å². The summed E-state index contributed by atoms with van der Waals surface area (Å²) in [5, 5.41) is 9.92. The van der Waals surface area contributed by atoms with Gasteiger partial charge in [-0.1, -0.05) is 48.5 Å². The number of hydrogen-bond acceptors (Lipinski definition) is 5. The summed E-state index contributed by atoms with van der Waals surface area (Å²) in [6.07, 6.45) is 1.04. The van der Waals surface area contributed by atoms with Gasteiger partial charge < -0.3 is 19.5 Å². The maximum atomic E-state index is 13.0. The van der Waals surface area contributed by atoms with Crippen LogP contribution in [0, 0.1) is 5.92 Å². The normalized spacial score (nSPS) is 16.5. The van der Waals surface area contributed by atoms with Gasteiger partial charge in [0.05, 0.1) is 5.60 Å². The van der Waals surface area contributed by atoms with Gasteiger partial charge in [0.15, 0.2) is 0 Å². The average molecular weight is 523 g/mol. The fraction of sp³-hybridized carbons (Fsp3) is 0.500. The molecule has 0 saturated carbocycles. The summed E-state index contributed by atoms with van der Waals surface area (Å²) in [7, 11) is 1.49. The van der Waals surface area contributed by atoms with Gasteiger partial charge in [-0.2, -0.15) is 0 Å². The Kier molecular flexibility index (Phi) is 8.41. The van der Waals surface area contributed by atoms with Crippen molar-refractivity contribution >= 4 is 18.0 Å². The molecule has 2 amide bonds. The molecule has 204 valence electrons. The first-order chi connectivity index (χ1) is 18.0. The molecule has 1 N–H and O–H groups in total. The monoisotopic (exact) mass is 522 g/mol. The lowest BCUT2D eigenvalue weighted by molar-refractivity contribution is -0.145. The molecule has 8 heteroatoms. The zero-order valence-electron chi connectivity index (χ0n) is 22.7. The fourth-order valence-electron chi connectivity index (χ4n) is 5.35. The molecule has 0 radical (unpaired) electrons. The number of fused-ring (bicyclic) bond motifs is 3. The summed E-state index contributed by atoms with van der Waals surface area (Å²) < 4.78 is 11.3. The molecule has 0 spiro atoms. The van der Waals surface area contributed by atoms with Crippen LogP contribution in [0.25, 0.3) is 11.1 Å². The molecule has 1 aliphatic carbocycles. The van der Waals surface area contributed by atoms with Gasteiger partial charge in [0.1, 0.15) is 19.3 Å². The van der Waals surface area contributed by atoms with E-state index in [4.69, 9.17) is 9.47 Å². The lowest BCUT2D eigenvalue weighted by Crippen LogP contribution is -2.46. The van der Waals surface area contributed by atoms with Crippen LogP contribution in [-0.4, -0.2) is 77.9 Å². The SMILES string of the molecule is CN(C(=O)OCC1c2ccccc2-c2ccccc21)[C@@H](CC1CCN(C(=O)COC(C)(C)C)CC1)C(=O)O. The second kappa shape index (κ2) is 11.6. The number of carboxylic acids is 1. The van der Waals surface area contributed by atoms with Gasteiger partial charge in [-0.05, 0) is 68.2 Å². The molecule has 1 atom stereocenters. The van der Waals surface area contributed by atoms with Crippen LogP contribution in [0.15, 0.2) is 48.5 Å². The standard InChI is InChI=1S/C30H38N2O6/c1-30(2,3)38-19-27(33)32-15-13-20(14-16-32)17-26(28(34)35)31(4)29(36)37-18-25-23-11-7-5-9-21(23)22-10-6-8-12-24(22)25/h5-12,20,25-26H,13-19H2,1-4H3,(H,34,35)/t26-/m0/s1. The smallest absolute Gasteiger partial charge is 0.410 e. The number of ether oxygens (including phenoxy) is 2. The third kappa shape index (κ3) is 6.35. The second-order valence-electron chi connectivity index (χ2n) is 11.2. The van der Waals surface area contributed by atoms with Crippen molar-refractivity contribution in [2.24, 2.45) is 5.92 Å². The van der Waals surface area contributed by atoms with Gasteiger partial charge in [0.25, 0.3) is 0 Å². The van der Waals surface area contributed by atoms with Gasteiger partial charge in [0.2, 0.25) is 5.91 Å². The predicted molar refractivity (Wildman–Crippen MR) is 144 cm³/mol. The van der Waals surface area contributed by atoms with Gasteiger partial charge in [-0.15, -0.1) is 0 Å². The van der Waals surface area contributed by atoms with E-state index >= 15 is 0 Å². The van der Waals surface area contributed by atoms with Crippen LogP contribution < -0.4 is 0 Å². The van der Waals surface area contributed by atoms with E-state index in [2.05, 4.69) is 12.1 Å². The minimum Gasteiger partial charge on any atom is -0.480 e. The van der Waals surface area contributed by atoms with Crippen molar-refractivity contribution in [2.45, 2.75) is 57.6 Å². The summed E-state index contributed by atoms with van der Waals surface area (Å²) in [6, 6.07) is 15.2. The summed E-state index contributed by atoms with van der Waals surface area (Å²) in [5.74, 6) is -1.11. The Morgan fingerprint density at radius 2 is 1.55 bits per heavy atom. The highest BCUT2D eigenvalue weighted by Gasteiger charge is 2.34. The van der Waals surface area contributed by atoms with Crippen molar-refractivity contribution in [3.8, 4) is 11.1 Å². The van der Waals surface area contributed by atoms with Crippen molar-refractivity contribution in [3.63, 3.8) is 0 Å². The van der Waals surface area contributed by atoms with Crippen LogP contribution in [0.4, 0.5) is 4.79 Å². The first-order valence-corrected chi connectivity index (χ1v) is 13.3. The van der Waals surface area contributed by atoms with Crippen LogP contribution in [0.5, 0.6) is 0 Å². The minimum atomic E-state index is -1.06. The average Bonchev–Trinajstić information content (AvgIpc) is 3.22. The van der Waals surface area contributed by atoms with Crippen molar-refractivity contribution in [3.05, 3.63) is 59.7 Å². The highest BCUT2D eigenvalue weighted by Crippen LogP contribution is 2.44. The number of benzene rings is 2. The maximum absolute atomic E-state index is 13.0. The lowest BCUT2D eigenvalue weighted by atomic mass is 9.89. The molecular weight excluding hydrogens is 484 g/mol. The molecule has 1 aliphatic heterocycles. The zero-order valence-corrected chi connectivity index (χ0v) is 22.7. The summed E-state index contributed by atoms with van der Waals surface area (Å²) in [6.45, 7) is 7.01.